The number of halogens is 1. The Morgan fingerprint density at radius 2 is 1.79 bits per heavy atom. The molecule has 2 amide bonds. The van der Waals surface area contributed by atoms with Gasteiger partial charge in [0.2, 0.25) is 0 Å². The molecule has 19 heavy (non-hydrogen) atoms. The number of amides is 2. The van der Waals surface area contributed by atoms with Gasteiger partial charge in [0, 0.05) is 13.0 Å². The van der Waals surface area contributed by atoms with E-state index in [1.807, 2.05) is 0 Å². The third kappa shape index (κ3) is 2.61. The highest BCUT2D eigenvalue weighted by molar-refractivity contribution is 14.1. The lowest BCUT2D eigenvalue weighted by Crippen LogP contribution is -2.34. The zero-order chi connectivity index (χ0) is 14.0. The van der Waals surface area contributed by atoms with E-state index in [9.17, 15) is 19.5 Å². The molecule has 1 heterocycles. The summed E-state index contributed by atoms with van der Waals surface area (Å²) in [6.45, 7) is -0.0285. The van der Waals surface area contributed by atoms with Crippen molar-refractivity contribution in [3.05, 3.63) is 35.4 Å². The lowest BCUT2D eigenvalue weighted by Gasteiger charge is -2.15. The van der Waals surface area contributed by atoms with E-state index in [0.29, 0.717) is 11.1 Å². The number of benzene rings is 1. The molecule has 1 atom stereocenters. The molecule has 1 aromatic carbocycles. The second-order valence-electron chi connectivity index (χ2n) is 4.01. The Morgan fingerprint density at radius 1 is 1.26 bits per heavy atom. The van der Waals surface area contributed by atoms with Crippen LogP contribution in [0.3, 0.4) is 0 Å². The van der Waals surface area contributed by atoms with E-state index in [2.05, 4.69) is 3.07 Å². The minimum Gasteiger partial charge on any atom is -0.393 e. The molecule has 1 aliphatic rings. The molecule has 0 aromatic heterocycles. The Balaban J connectivity index is 2.07. The van der Waals surface area contributed by atoms with E-state index >= 15 is 0 Å². The van der Waals surface area contributed by atoms with Gasteiger partial charge in [-0.15, -0.1) is 0 Å². The highest BCUT2D eigenvalue weighted by atomic mass is 127. The maximum Gasteiger partial charge on any atom is 0.344 e. The van der Waals surface area contributed by atoms with Gasteiger partial charge >= 0.3 is 5.97 Å². The van der Waals surface area contributed by atoms with Crippen molar-refractivity contribution in [2.24, 2.45) is 0 Å². The molecule has 0 aliphatic carbocycles. The number of nitrogens with zero attached hydrogens (tertiary/aromatic N) is 1. The summed E-state index contributed by atoms with van der Waals surface area (Å²) in [6.07, 6.45) is -1.39. The van der Waals surface area contributed by atoms with Crippen LogP contribution in [0.4, 0.5) is 0 Å². The fourth-order valence-corrected chi connectivity index (χ4v) is 2.16. The average Bonchev–Trinajstić information content (AvgIpc) is 2.68. The summed E-state index contributed by atoms with van der Waals surface area (Å²) < 4.78 is 4.34. The summed E-state index contributed by atoms with van der Waals surface area (Å²) in [5.41, 5.74) is 0.692. The summed E-state index contributed by atoms with van der Waals surface area (Å²) in [7, 11) is 0. The summed E-state index contributed by atoms with van der Waals surface area (Å²) in [5, 5.41) is 9.44. The molecule has 7 heteroatoms. The Kier molecular flexibility index (Phi) is 4.15. The van der Waals surface area contributed by atoms with Gasteiger partial charge in [0.15, 0.2) is 29.1 Å². The number of aliphatic hydroxyl groups is 1. The lowest BCUT2D eigenvalue weighted by atomic mass is 10.1. The van der Waals surface area contributed by atoms with Gasteiger partial charge in [0.25, 0.3) is 11.8 Å². The first-order chi connectivity index (χ1) is 9.06. The van der Waals surface area contributed by atoms with Gasteiger partial charge in [0.1, 0.15) is 0 Å². The van der Waals surface area contributed by atoms with Gasteiger partial charge in [-0.05, 0) is 12.1 Å². The van der Waals surface area contributed by atoms with Crippen molar-refractivity contribution in [2.45, 2.75) is 12.5 Å². The fraction of sp³-hybridized carbons (Fsp3) is 0.250. The molecule has 0 unspecified atom stereocenters. The standard InChI is InChI=1S/C12H10INO5/c13-19-12(18)9(15)5-6-14-10(16)7-3-1-2-4-8(7)11(14)17/h1-4,9,15H,5-6H2/t9-/m0/s1. The number of carbonyl (C=O) groups excluding carboxylic acids is 3. The molecule has 6 nitrogen and oxygen atoms in total. The van der Waals surface area contributed by atoms with E-state index < -0.39 is 23.9 Å². The normalized spacial score (nSPS) is 15.4. The molecule has 0 bridgehead atoms. The minimum atomic E-state index is -1.35. The number of rotatable bonds is 4. The topological polar surface area (TPSA) is 83.9 Å². The molecule has 0 radical (unpaired) electrons. The third-order valence-electron chi connectivity index (χ3n) is 2.85. The molecule has 100 valence electrons. The highest BCUT2D eigenvalue weighted by Gasteiger charge is 2.35. The van der Waals surface area contributed by atoms with Crippen molar-refractivity contribution in [1.82, 2.24) is 4.90 Å². The Bertz CT molecular complexity index is 510. The van der Waals surface area contributed by atoms with Gasteiger partial charge in [-0.25, -0.2) is 4.79 Å². The lowest BCUT2D eigenvalue weighted by molar-refractivity contribution is -0.140. The monoisotopic (exact) mass is 375 g/mol. The number of hydrogen-bond donors (Lipinski definition) is 1. The first-order valence-electron chi connectivity index (χ1n) is 5.52. The van der Waals surface area contributed by atoms with Gasteiger partial charge in [-0.1, -0.05) is 12.1 Å². The number of imide groups is 1. The number of carbonyl (C=O) groups is 3. The molecular weight excluding hydrogens is 365 g/mol. The zero-order valence-electron chi connectivity index (χ0n) is 9.71. The van der Waals surface area contributed by atoms with Crippen molar-refractivity contribution >= 4 is 40.8 Å². The van der Waals surface area contributed by atoms with Crippen molar-refractivity contribution in [1.29, 1.82) is 0 Å². The maximum absolute atomic E-state index is 12.0. The van der Waals surface area contributed by atoms with Gasteiger partial charge in [0.05, 0.1) is 11.1 Å². The first kappa shape index (κ1) is 13.9. The SMILES string of the molecule is O=C(OI)[C@@H](O)CCN1C(=O)c2ccccc2C1=O. The van der Waals surface area contributed by atoms with E-state index in [1.165, 1.54) is 23.0 Å². The van der Waals surface area contributed by atoms with Crippen LogP contribution in [0.2, 0.25) is 0 Å². The maximum atomic E-state index is 12.0. The molecule has 1 N–H and O–H groups in total. The van der Waals surface area contributed by atoms with Crippen LogP contribution in [-0.4, -0.2) is 40.4 Å². The Hall–Kier alpha value is -1.48. The highest BCUT2D eigenvalue weighted by Crippen LogP contribution is 2.22. The zero-order valence-corrected chi connectivity index (χ0v) is 11.9. The van der Waals surface area contributed by atoms with Gasteiger partial charge in [-0.3, -0.25) is 14.5 Å². The van der Waals surface area contributed by atoms with Crippen LogP contribution < -0.4 is 0 Å². The van der Waals surface area contributed by atoms with Crippen LogP contribution in [0.25, 0.3) is 0 Å². The summed E-state index contributed by atoms with van der Waals surface area (Å²) >= 11 is 1.37. The van der Waals surface area contributed by atoms with Gasteiger partial charge < -0.3 is 8.17 Å². The molecule has 2 rings (SSSR count). The largest absolute Gasteiger partial charge is 0.393 e. The predicted molar refractivity (Wildman–Crippen MR) is 72.5 cm³/mol. The van der Waals surface area contributed by atoms with Crippen LogP contribution in [0.1, 0.15) is 27.1 Å². The second kappa shape index (κ2) is 5.66. The van der Waals surface area contributed by atoms with Crippen molar-refractivity contribution < 1.29 is 22.6 Å². The van der Waals surface area contributed by atoms with Crippen LogP contribution in [0.5, 0.6) is 0 Å². The average molecular weight is 375 g/mol. The summed E-state index contributed by atoms with van der Waals surface area (Å²) in [4.78, 5) is 36.0. The van der Waals surface area contributed by atoms with E-state index in [4.69, 9.17) is 0 Å². The quantitative estimate of drug-likeness (QED) is 0.625. The number of fused-ring (bicyclic) bond motifs is 1. The minimum absolute atomic E-state index is 0.0285. The predicted octanol–water partition coefficient (Wildman–Crippen LogP) is 0.927. The third-order valence-corrected chi connectivity index (χ3v) is 3.29. The van der Waals surface area contributed by atoms with Crippen molar-refractivity contribution in [3.63, 3.8) is 0 Å². The van der Waals surface area contributed by atoms with Crippen LogP contribution >= 0.6 is 23.0 Å². The Morgan fingerprint density at radius 3 is 2.26 bits per heavy atom. The van der Waals surface area contributed by atoms with Crippen LogP contribution in [0.15, 0.2) is 24.3 Å². The van der Waals surface area contributed by atoms with Crippen molar-refractivity contribution in [3.8, 4) is 0 Å². The van der Waals surface area contributed by atoms with Crippen LogP contribution in [-0.2, 0) is 7.86 Å². The van der Waals surface area contributed by atoms with Crippen molar-refractivity contribution in [2.75, 3.05) is 6.54 Å². The molecule has 0 spiro atoms. The second-order valence-corrected chi connectivity index (χ2v) is 4.45. The summed E-state index contributed by atoms with van der Waals surface area (Å²) in [6, 6.07) is 6.50. The van der Waals surface area contributed by atoms with E-state index in [1.54, 1.807) is 24.3 Å². The molecule has 1 aromatic rings. The molecule has 0 saturated carbocycles. The van der Waals surface area contributed by atoms with E-state index in [0.717, 1.165) is 4.90 Å². The van der Waals surface area contributed by atoms with E-state index in [-0.39, 0.29) is 13.0 Å². The molecular formula is C12H10INO5. The molecule has 1 aliphatic heterocycles. The smallest absolute Gasteiger partial charge is 0.344 e. The van der Waals surface area contributed by atoms with Crippen LogP contribution in [0, 0.1) is 0 Å². The molecule has 0 saturated heterocycles. The molecule has 0 fully saturated rings. The first-order valence-corrected chi connectivity index (χ1v) is 6.40. The van der Waals surface area contributed by atoms with Gasteiger partial charge in [-0.2, -0.15) is 0 Å². The summed E-state index contributed by atoms with van der Waals surface area (Å²) in [5.74, 6) is -1.61. The number of aliphatic hydroxyl groups excluding tert-OH is 1. The Labute approximate surface area is 123 Å². The number of hydrogen-bond acceptors (Lipinski definition) is 5. The fourth-order valence-electron chi connectivity index (χ4n) is 1.86.